The van der Waals surface area contributed by atoms with Crippen molar-refractivity contribution >= 4 is 17.6 Å². The minimum atomic E-state index is -1.25. The van der Waals surface area contributed by atoms with Gasteiger partial charge in [-0.3, -0.25) is 5.10 Å². The molecule has 0 saturated carbocycles. The van der Waals surface area contributed by atoms with Crippen LogP contribution in [0.15, 0.2) is 18.2 Å². The van der Waals surface area contributed by atoms with E-state index in [1.807, 2.05) is 0 Å². The Morgan fingerprint density at radius 2 is 2.28 bits per heavy atom. The first-order valence-electron chi connectivity index (χ1n) is 4.85. The van der Waals surface area contributed by atoms with Crippen molar-refractivity contribution in [2.45, 2.75) is 0 Å². The summed E-state index contributed by atoms with van der Waals surface area (Å²) in [7, 11) is 1.39. The molecule has 1 heterocycles. The first-order valence-corrected chi connectivity index (χ1v) is 5.23. The summed E-state index contributed by atoms with van der Waals surface area (Å²) >= 11 is 5.69. The van der Waals surface area contributed by atoms with E-state index in [9.17, 15) is 9.18 Å². The summed E-state index contributed by atoms with van der Waals surface area (Å²) in [6, 6.07) is 3.73. The number of aromatic nitrogens is 2. The lowest BCUT2D eigenvalue weighted by Gasteiger charge is -2.06. The molecule has 94 valence electrons. The minimum Gasteiger partial charge on any atom is -0.496 e. The molecule has 1 aromatic carbocycles. The number of H-pyrrole nitrogens is 1. The highest BCUT2D eigenvalue weighted by molar-refractivity contribution is 6.33. The molecule has 0 atom stereocenters. The monoisotopic (exact) mass is 270 g/mol. The molecule has 0 unspecified atom stereocenters. The van der Waals surface area contributed by atoms with E-state index in [1.54, 1.807) is 0 Å². The van der Waals surface area contributed by atoms with Crippen LogP contribution < -0.4 is 4.74 Å². The van der Waals surface area contributed by atoms with Crippen LogP contribution in [-0.4, -0.2) is 28.4 Å². The van der Waals surface area contributed by atoms with Crippen LogP contribution >= 0.6 is 11.6 Å². The van der Waals surface area contributed by atoms with Gasteiger partial charge in [0.2, 0.25) is 0 Å². The number of ether oxygens (including phenoxy) is 1. The molecule has 0 aliphatic carbocycles. The summed E-state index contributed by atoms with van der Waals surface area (Å²) in [6.07, 6.45) is 0. The van der Waals surface area contributed by atoms with Crippen molar-refractivity contribution in [3.63, 3.8) is 0 Å². The molecule has 0 aliphatic rings. The van der Waals surface area contributed by atoms with Crippen LogP contribution in [0.1, 0.15) is 10.4 Å². The van der Waals surface area contributed by atoms with Gasteiger partial charge in [0.1, 0.15) is 28.0 Å². The van der Waals surface area contributed by atoms with Gasteiger partial charge in [-0.1, -0.05) is 11.6 Å². The molecule has 2 rings (SSSR count). The number of nitrogens with one attached hydrogen (secondary N) is 1. The Labute approximate surface area is 106 Å². The number of methoxy groups -OCH3 is 1. The summed E-state index contributed by atoms with van der Waals surface area (Å²) in [5, 5.41) is 15.0. The summed E-state index contributed by atoms with van der Waals surface area (Å²) in [5.41, 5.74) is 0.0301. The number of carboxylic acid groups (broad SMARTS) is 1. The third kappa shape index (κ3) is 2.02. The molecule has 0 bridgehead atoms. The standard InChI is InChI=1S/C11H8ClFN2O3/c1-18-7-3-2-5(13)4-6(7)9-8(11(16)17)10(12)15-14-9/h2-4H,1H3,(H,14,15)(H,16,17). The van der Waals surface area contributed by atoms with E-state index >= 15 is 0 Å². The number of aromatic amines is 1. The van der Waals surface area contributed by atoms with E-state index in [-0.39, 0.29) is 22.0 Å². The average Bonchev–Trinajstić information content (AvgIpc) is 2.71. The molecule has 0 fully saturated rings. The van der Waals surface area contributed by atoms with Gasteiger partial charge in [0, 0.05) is 5.56 Å². The summed E-state index contributed by atoms with van der Waals surface area (Å²) in [5.74, 6) is -1.47. The molecule has 0 saturated heterocycles. The first-order chi connectivity index (χ1) is 8.54. The van der Waals surface area contributed by atoms with Gasteiger partial charge in [0.25, 0.3) is 0 Å². The fourth-order valence-corrected chi connectivity index (χ4v) is 1.79. The van der Waals surface area contributed by atoms with E-state index in [4.69, 9.17) is 21.4 Å². The Balaban J connectivity index is 2.69. The predicted molar refractivity (Wildman–Crippen MR) is 62.5 cm³/mol. The van der Waals surface area contributed by atoms with E-state index < -0.39 is 11.8 Å². The lowest BCUT2D eigenvalue weighted by atomic mass is 10.1. The molecule has 1 aromatic heterocycles. The van der Waals surface area contributed by atoms with Crippen LogP contribution in [0.2, 0.25) is 5.15 Å². The number of carbonyl (C=O) groups is 1. The molecule has 0 radical (unpaired) electrons. The fourth-order valence-electron chi connectivity index (χ4n) is 1.58. The van der Waals surface area contributed by atoms with Gasteiger partial charge in [0.15, 0.2) is 0 Å². The third-order valence-corrected chi connectivity index (χ3v) is 2.63. The van der Waals surface area contributed by atoms with Crippen LogP contribution in [0.4, 0.5) is 4.39 Å². The number of rotatable bonds is 3. The normalized spacial score (nSPS) is 10.4. The number of benzene rings is 1. The van der Waals surface area contributed by atoms with Gasteiger partial charge in [0.05, 0.1) is 7.11 Å². The Hall–Kier alpha value is -2.08. The number of nitrogens with zero attached hydrogens (tertiary/aromatic N) is 1. The van der Waals surface area contributed by atoms with Crippen molar-refractivity contribution in [1.29, 1.82) is 0 Å². The Kier molecular flexibility index (Phi) is 3.20. The summed E-state index contributed by atoms with van der Waals surface area (Å²) in [6.45, 7) is 0. The average molecular weight is 271 g/mol. The van der Waals surface area contributed by atoms with Crippen LogP contribution in [0, 0.1) is 5.82 Å². The minimum absolute atomic E-state index is 0.0313. The van der Waals surface area contributed by atoms with Gasteiger partial charge in [-0.2, -0.15) is 5.10 Å². The molecule has 18 heavy (non-hydrogen) atoms. The maximum atomic E-state index is 13.2. The molecule has 0 spiro atoms. The molecular formula is C11H8ClFN2O3. The second-order valence-corrected chi connectivity index (χ2v) is 3.79. The van der Waals surface area contributed by atoms with Crippen molar-refractivity contribution < 1.29 is 19.0 Å². The number of halogens is 2. The zero-order valence-corrected chi connectivity index (χ0v) is 9.95. The third-order valence-electron chi connectivity index (χ3n) is 2.35. The van der Waals surface area contributed by atoms with E-state index in [0.717, 1.165) is 6.07 Å². The van der Waals surface area contributed by atoms with Gasteiger partial charge in [-0.15, -0.1) is 0 Å². The largest absolute Gasteiger partial charge is 0.496 e. The van der Waals surface area contributed by atoms with Gasteiger partial charge >= 0.3 is 5.97 Å². The highest BCUT2D eigenvalue weighted by Crippen LogP contribution is 2.33. The lowest BCUT2D eigenvalue weighted by molar-refractivity contribution is 0.0698. The van der Waals surface area contributed by atoms with Gasteiger partial charge in [-0.25, -0.2) is 9.18 Å². The molecule has 0 amide bonds. The number of hydrogen-bond donors (Lipinski definition) is 2. The van der Waals surface area contributed by atoms with Crippen molar-refractivity contribution in [2.24, 2.45) is 0 Å². The SMILES string of the molecule is COc1ccc(F)cc1-c1n[nH]c(Cl)c1C(=O)O. The van der Waals surface area contributed by atoms with Crippen LogP contribution in [-0.2, 0) is 0 Å². The maximum absolute atomic E-state index is 13.2. The van der Waals surface area contributed by atoms with Crippen molar-refractivity contribution in [3.05, 3.63) is 34.7 Å². The van der Waals surface area contributed by atoms with Gasteiger partial charge in [-0.05, 0) is 18.2 Å². The molecule has 2 N–H and O–H groups in total. The zero-order valence-electron chi connectivity index (χ0n) is 9.20. The molecule has 0 aliphatic heterocycles. The van der Waals surface area contributed by atoms with E-state index in [2.05, 4.69) is 10.2 Å². The Morgan fingerprint density at radius 1 is 1.56 bits per heavy atom. The quantitative estimate of drug-likeness (QED) is 0.899. The molecular weight excluding hydrogens is 263 g/mol. The highest BCUT2D eigenvalue weighted by Gasteiger charge is 2.22. The van der Waals surface area contributed by atoms with Crippen molar-refractivity contribution in [1.82, 2.24) is 10.2 Å². The van der Waals surface area contributed by atoms with Crippen LogP contribution in [0.3, 0.4) is 0 Å². The topological polar surface area (TPSA) is 75.2 Å². The second-order valence-electron chi connectivity index (χ2n) is 3.41. The zero-order chi connectivity index (χ0) is 13.3. The van der Waals surface area contributed by atoms with Gasteiger partial charge < -0.3 is 9.84 Å². The summed E-state index contributed by atoms with van der Waals surface area (Å²) in [4.78, 5) is 11.1. The van der Waals surface area contributed by atoms with E-state index in [0.29, 0.717) is 5.75 Å². The maximum Gasteiger partial charge on any atom is 0.341 e. The Bertz CT molecular complexity index is 612. The van der Waals surface area contributed by atoms with Crippen molar-refractivity contribution in [2.75, 3.05) is 7.11 Å². The molecule has 7 heteroatoms. The van der Waals surface area contributed by atoms with Crippen LogP contribution in [0.25, 0.3) is 11.3 Å². The predicted octanol–water partition coefficient (Wildman–Crippen LogP) is 2.58. The van der Waals surface area contributed by atoms with Crippen LogP contribution in [0.5, 0.6) is 5.75 Å². The lowest BCUT2D eigenvalue weighted by Crippen LogP contribution is -1.99. The smallest absolute Gasteiger partial charge is 0.341 e. The summed E-state index contributed by atoms with van der Waals surface area (Å²) < 4.78 is 18.3. The highest BCUT2D eigenvalue weighted by atomic mass is 35.5. The van der Waals surface area contributed by atoms with Crippen molar-refractivity contribution in [3.8, 4) is 17.0 Å². The number of carboxylic acids is 1. The second kappa shape index (κ2) is 4.66. The number of aromatic carboxylic acids is 1. The molecule has 5 nitrogen and oxygen atoms in total. The fraction of sp³-hybridized carbons (Fsp3) is 0.0909. The molecule has 2 aromatic rings. The number of hydrogen-bond acceptors (Lipinski definition) is 3. The van der Waals surface area contributed by atoms with E-state index in [1.165, 1.54) is 19.2 Å². The Morgan fingerprint density at radius 3 is 2.89 bits per heavy atom. The first kappa shape index (κ1) is 12.4.